The topological polar surface area (TPSA) is 169 Å². The van der Waals surface area contributed by atoms with Crippen LogP contribution in [0.4, 0.5) is 0 Å². The van der Waals surface area contributed by atoms with Crippen LogP contribution in [0.1, 0.15) is 258 Å². The van der Waals surface area contributed by atoms with Gasteiger partial charge in [-0.2, -0.15) is 0 Å². The lowest BCUT2D eigenvalue weighted by Crippen LogP contribution is -2.43. The fraction of sp³-hybridized carbons (Fsp3) is 0.900. The first-order valence-electron chi connectivity index (χ1n) is 25.7. The summed E-state index contributed by atoms with van der Waals surface area (Å²) in [5.41, 5.74) is 0. The lowest BCUT2D eigenvalue weighted by atomic mass is 10.0. The summed E-state index contributed by atoms with van der Waals surface area (Å²) in [6.07, 6.45) is 48.1. The third-order valence-corrected chi connectivity index (χ3v) is 12.5. The van der Waals surface area contributed by atoms with Gasteiger partial charge in [0.15, 0.2) is 6.04 Å². The number of allylic oxidation sites excluding steroid dienone is 2. The maximum atomic E-state index is 12.4. The van der Waals surface area contributed by atoms with Crippen LogP contribution in [0.3, 0.4) is 0 Å². The average Bonchev–Trinajstić information content (AvgIpc) is 3.25. The Balaban J connectivity index is 3.78. The standard InChI is InChI=1S/C50H96NO10P/c1-3-5-7-9-11-13-15-17-19-20-21-22-23-24-25-26-27-28-29-31-33-35-37-39-41-48(53)51-47(50(55)56)45-61-62(57,58)60-44-46(52)43-59-49(54)42-40-38-36-34-32-30-18-16-14-12-10-8-6-4-2/h16,18,46-47,52H,3-15,17,19-45H2,1-2H3,(H,51,53)(H,55,56)(H,57,58)/b18-16-. The largest absolute Gasteiger partial charge is 0.480 e. The first-order chi connectivity index (χ1) is 30.1. The number of phosphoric ester groups is 1. The number of aliphatic hydroxyl groups excluding tert-OH is 1. The predicted octanol–water partition coefficient (Wildman–Crippen LogP) is 14.0. The van der Waals surface area contributed by atoms with Crippen molar-refractivity contribution >= 4 is 25.7 Å². The molecule has 0 bridgehead atoms. The molecule has 12 heteroatoms. The van der Waals surface area contributed by atoms with Gasteiger partial charge in [0.1, 0.15) is 12.7 Å². The average molecular weight is 902 g/mol. The van der Waals surface area contributed by atoms with E-state index in [2.05, 4.69) is 31.3 Å². The van der Waals surface area contributed by atoms with Crippen LogP contribution in [0, 0.1) is 0 Å². The van der Waals surface area contributed by atoms with Gasteiger partial charge in [-0.15, -0.1) is 0 Å². The zero-order valence-corrected chi connectivity index (χ0v) is 40.8. The number of hydrogen-bond donors (Lipinski definition) is 4. The van der Waals surface area contributed by atoms with Crippen LogP contribution in [0.5, 0.6) is 0 Å². The van der Waals surface area contributed by atoms with Crippen molar-refractivity contribution in [3.05, 3.63) is 12.2 Å². The van der Waals surface area contributed by atoms with E-state index in [4.69, 9.17) is 13.8 Å². The van der Waals surface area contributed by atoms with Crippen molar-refractivity contribution < 1.29 is 47.8 Å². The molecule has 0 aromatic carbocycles. The summed E-state index contributed by atoms with van der Waals surface area (Å²) in [7, 11) is -4.76. The third-order valence-electron chi connectivity index (χ3n) is 11.6. The Morgan fingerprint density at radius 2 is 0.839 bits per heavy atom. The molecule has 4 N–H and O–H groups in total. The molecule has 0 fully saturated rings. The van der Waals surface area contributed by atoms with Crippen LogP contribution in [0.15, 0.2) is 12.2 Å². The van der Waals surface area contributed by atoms with Crippen LogP contribution in [-0.4, -0.2) is 64.9 Å². The number of carboxylic acids is 1. The van der Waals surface area contributed by atoms with Gasteiger partial charge < -0.3 is 25.2 Å². The number of esters is 1. The lowest BCUT2D eigenvalue weighted by Gasteiger charge is -2.18. The zero-order valence-electron chi connectivity index (χ0n) is 39.9. The molecular weight excluding hydrogens is 806 g/mol. The van der Waals surface area contributed by atoms with E-state index in [0.29, 0.717) is 12.8 Å². The molecule has 3 unspecified atom stereocenters. The van der Waals surface area contributed by atoms with Gasteiger partial charge in [-0.25, -0.2) is 9.36 Å². The molecule has 0 saturated carbocycles. The highest BCUT2D eigenvalue weighted by molar-refractivity contribution is 7.47. The first-order valence-corrected chi connectivity index (χ1v) is 27.2. The number of aliphatic carboxylic acids is 1. The molecule has 0 aromatic heterocycles. The van der Waals surface area contributed by atoms with Gasteiger partial charge in [-0.05, 0) is 38.5 Å². The van der Waals surface area contributed by atoms with Gasteiger partial charge in [0.05, 0.1) is 13.2 Å². The van der Waals surface area contributed by atoms with E-state index in [1.807, 2.05) is 0 Å². The highest BCUT2D eigenvalue weighted by atomic mass is 31.2. The Labute approximate surface area is 379 Å². The molecule has 0 saturated heterocycles. The lowest BCUT2D eigenvalue weighted by molar-refractivity contribution is -0.147. The minimum Gasteiger partial charge on any atom is -0.480 e. The summed E-state index contributed by atoms with van der Waals surface area (Å²) >= 11 is 0. The summed E-state index contributed by atoms with van der Waals surface area (Å²) in [6.45, 7) is 2.62. The number of carbonyl (C=O) groups excluding carboxylic acids is 2. The molecule has 0 spiro atoms. The molecule has 11 nitrogen and oxygen atoms in total. The maximum Gasteiger partial charge on any atom is 0.472 e. The molecule has 0 aliphatic heterocycles. The fourth-order valence-electron chi connectivity index (χ4n) is 7.55. The fourth-order valence-corrected chi connectivity index (χ4v) is 8.32. The van der Waals surface area contributed by atoms with Crippen molar-refractivity contribution in [1.82, 2.24) is 5.32 Å². The van der Waals surface area contributed by atoms with E-state index < -0.39 is 57.6 Å². The van der Waals surface area contributed by atoms with Crippen LogP contribution in [-0.2, 0) is 32.7 Å². The zero-order chi connectivity index (χ0) is 45.6. The second-order valence-electron chi connectivity index (χ2n) is 17.7. The van der Waals surface area contributed by atoms with Gasteiger partial charge in [-0.1, -0.05) is 219 Å². The van der Waals surface area contributed by atoms with Gasteiger partial charge in [0.2, 0.25) is 5.91 Å². The molecule has 0 aliphatic rings. The Kier molecular flexibility index (Phi) is 44.5. The van der Waals surface area contributed by atoms with Gasteiger partial charge in [0, 0.05) is 12.8 Å². The monoisotopic (exact) mass is 902 g/mol. The minimum absolute atomic E-state index is 0.151. The number of rotatable bonds is 49. The number of carbonyl (C=O) groups is 3. The van der Waals surface area contributed by atoms with E-state index in [0.717, 1.165) is 57.8 Å². The second kappa shape index (κ2) is 45.8. The van der Waals surface area contributed by atoms with Crippen molar-refractivity contribution in [3.8, 4) is 0 Å². The molecule has 0 aromatic rings. The van der Waals surface area contributed by atoms with Crippen molar-refractivity contribution in [2.24, 2.45) is 0 Å². The molecule has 0 aliphatic carbocycles. The number of phosphoric acid groups is 1. The second-order valence-corrected chi connectivity index (χ2v) is 19.2. The maximum absolute atomic E-state index is 12.4. The first kappa shape index (κ1) is 60.2. The smallest absolute Gasteiger partial charge is 0.472 e. The molecule has 0 rings (SSSR count). The number of aliphatic hydroxyl groups is 1. The summed E-state index contributed by atoms with van der Waals surface area (Å²) in [4.78, 5) is 46.1. The SMILES string of the molecule is CCCCCCC/C=C\CCCCCCCC(=O)OCC(O)COP(=O)(O)OCC(NC(=O)CCCCCCCCCCCCCCCCCCCCCCCCCC)C(=O)O. The number of unbranched alkanes of at least 4 members (excludes halogenated alkanes) is 33. The Morgan fingerprint density at radius 1 is 0.500 bits per heavy atom. The third kappa shape index (κ3) is 44.8. The molecule has 62 heavy (non-hydrogen) atoms. The number of amides is 1. The highest BCUT2D eigenvalue weighted by Gasteiger charge is 2.28. The number of carboxylic acid groups (broad SMARTS) is 1. The van der Waals surface area contributed by atoms with E-state index >= 15 is 0 Å². The van der Waals surface area contributed by atoms with Gasteiger partial charge >= 0.3 is 19.8 Å². The molecular formula is C50H96NO10P. The summed E-state index contributed by atoms with van der Waals surface area (Å²) in [6, 6.07) is -1.54. The molecule has 366 valence electrons. The van der Waals surface area contributed by atoms with Crippen molar-refractivity contribution in [2.75, 3.05) is 19.8 Å². The number of nitrogens with one attached hydrogen (secondary N) is 1. The van der Waals surface area contributed by atoms with Crippen molar-refractivity contribution in [1.29, 1.82) is 0 Å². The van der Waals surface area contributed by atoms with Crippen LogP contribution >= 0.6 is 7.82 Å². The predicted molar refractivity (Wildman–Crippen MR) is 254 cm³/mol. The minimum atomic E-state index is -4.76. The van der Waals surface area contributed by atoms with Crippen molar-refractivity contribution in [2.45, 2.75) is 270 Å². The van der Waals surface area contributed by atoms with Gasteiger partial charge in [0.25, 0.3) is 0 Å². The quantitative estimate of drug-likeness (QED) is 0.0200. The van der Waals surface area contributed by atoms with Crippen molar-refractivity contribution in [3.63, 3.8) is 0 Å². The van der Waals surface area contributed by atoms with E-state index in [-0.39, 0.29) is 12.8 Å². The van der Waals surface area contributed by atoms with E-state index in [1.54, 1.807) is 0 Å². The molecule has 3 atom stereocenters. The van der Waals surface area contributed by atoms with E-state index in [9.17, 15) is 34.1 Å². The Bertz CT molecular complexity index is 1110. The summed E-state index contributed by atoms with van der Waals surface area (Å²) in [5.74, 6) is -2.36. The summed E-state index contributed by atoms with van der Waals surface area (Å²) < 4.78 is 26.9. The number of hydrogen-bond acceptors (Lipinski definition) is 8. The van der Waals surface area contributed by atoms with Crippen LogP contribution < -0.4 is 5.32 Å². The molecule has 0 radical (unpaired) electrons. The Hall–Kier alpha value is -1.78. The number of ether oxygens (including phenoxy) is 1. The van der Waals surface area contributed by atoms with Gasteiger partial charge in [-0.3, -0.25) is 18.6 Å². The summed E-state index contributed by atoms with van der Waals surface area (Å²) in [5, 5.41) is 21.9. The van der Waals surface area contributed by atoms with Crippen LogP contribution in [0.2, 0.25) is 0 Å². The highest BCUT2D eigenvalue weighted by Crippen LogP contribution is 2.43. The molecule has 0 heterocycles. The molecule has 1 amide bonds. The normalized spacial score (nSPS) is 13.6. The van der Waals surface area contributed by atoms with Crippen LogP contribution in [0.25, 0.3) is 0 Å². The van der Waals surface area contributed by atoms with E-state index in [1.165, 1.54) is 161 Å². The Morgan fingerprint density at radius 3 is 1.23 bits per heavy atom.